The van der Waals surface area contributed by atoms with E-state index in [1.807, 2.05) is 0 Å². The predicted molar refractivity (Wildman–Crippen MR) is 69.6 cm³/mol. The van der Waals surface area contributed by atoms with Gasteiger partial charge in [0.1, 0.15) is 5.56 Å². The van der Waals surface area contributed by atoms with Gasteiger partial charge >= 0.3 is 12.1 Å². The van der Waals surface area contributed by atoms with Gasteiger partial charge in [-0.1, -0.05) is 6.07 Å². The van der Waals surface area contributed by atoms with Crippen molar-refractivity contribution in [3.05, 3.63) is 50.3 Å². The molecule has 0 fully saturated rings. The minimum atomic E-state index is -1.60. The Balaban J connectivity index is 3.05. The summed E-state index contributed by atoms with van der Waals surface area (Å²) in [6.45, 7) is 0. The highest BCUT2D eigenvalue weighted by atomic mass is 16.6. The molecule has 1 aromatic heterocycles. The van der Waals surface area contributed by atoms with E-state index < -0.39 is 33.8 Å². The average Bonchev–Trinajstić information content (AvgIpc) is 2.44. The molecule has 0 aliphatic rings. The van der Waals surface area contributed by atoms with Crippen LogP contribution in [0.4, 0.5) is 10.5 Å². The number of aromatic nitrogens is 1. The molecule has 1 N–H and O–H groups in total. The molecule has 2 aromatic rings. The molecule has 0 radical (unpaired) electrons. The highest BCUT2D eigenvalue weighted by molar-refractivity contribution is 5.99. The van der Waals surface area contributed by atoms with E-state index in [9.17, 15) is 24.5 Å². The van der Waals surface area contributed by atoms with Crippen LogP contribution in [0.25, 0.3) is 10.9 Å². The number of carboxylic acids is 1. The minimum Gasteiger partial charge on any atom is -0.477 e. The summed E-state index contributed by atoms with van der Waals surface area (Å²) in [6.07, 6.45) is -1.13. The Morgan fingerprint density at radius 2 is 2.05 bits per heavy atom. The van der Waals surface area contributed by atoms with Gasteiger partial charge in [0.25, 0.3) is 11.2 Å². The molecule has 21 heavy (non-hydrogen) atoms. The maximum Gasteiger partial charge on any atom is 0.421 e. The third kappa shape index (κ3) is 2.20. The Labute approximate surface area is 116 Å². The number of benzene rings is 1. The zero-order valence-electron chi connectivity index (χ0n) is 10.6. The van der Waals surface area contributed by atoms with E-state index in [1.165, 1.54) is 12.1 Å². The van der Waals surface area contributed by atoms with E-state index in [0.717, 1.165) is 19.2 Å². The number of carboxylic acid groups (broad SMARTS) is 1. The zero-order chi connectivity index (χ0) is 15.7. The van der Waals surface area contributed by atoms with Gasteiger partial charge in [-0.25, -0.2) is 14.2 Å². The topological polar surface area (TPSA) is 129 Å². The molecule has 0 saturated heterocycles. The molecular weight excluding hydrogens is 284 g/mol. The van der Waals surface area contributed by atoms with E-state index in [4.69, 9.17) is 5.11 Å². The first-order valence-electron chi connectivity index (χ1n) is 5.53. The number of carbonyl (C=O) groups excluding carboxylic acids is 1. The summed E-state index contributed by atoms with van der Waals surface area (Å²) in [5.74, 6) is -1.60. The number of pyridine rings is 1. The van der Waals surface area contributed by atoms with E-state index in [1.54, 1.807) is 0 Å². The van der Waals surface area contributed by atoms with Gasteiger partial charge in [-0.05, 0) is 12.1 Å². The number of ether oxygens (including phenoxy) is 1. The molecule has 0 aliphatic heterocycles. The highest BCUT2D eigenvalue weighted by Crippen LogP contribution is 2.25. The zero-order valence-corrected chi connectivity index (χ0v) is 10.6. The van der Waals surface area contributed by atoms with Crippen LogP contribution in [0, 0.1) is 10.1 Å². The largest absolute Gasteiger partial charge is 0.477 e. The summed E-state index contributed by atoms with van der Waals surface area (Å²) in [4.78, 5) is 45.0. The molecular formula is C12H8N2O7. The number of hydrogen-bond acceptors (Lipinski definition) is 6. The lowest BCUT2D eigenvalue weighted by molar-refractivity contribution is -0.383. The molecule has 9 heteroatoms. The fourth-order valence-corrected chi connectivity index (χ4v) is 1.90. The molecule has 2 rings (SSSR count). The third-order valence-corrected chi connectivity index (χ3v) is 2.81. The predicted octanol–water partition coefficient (Wildman–Crippen LogP) is 1.22. The second-order valence-corrected chi connectivity index (χ2v) is 3.94. The fourth-order valence-electron chi connectivity index (χ4n) is 1.90. The molecule has 0 amide bonds. The maximum absolute atomic E-state index is 12.0. The number of nitro groups is 1. The normalized spacial score (nSPS) is 10.3. The van der Waals surface area contributed by atoms with Gasteiger partial charge < -0.3 is 9.84 Å². The van der Waals surface area contributed by atoms with Crippen molar-refractivity contribution in [1.82, 2.24) is 4.57 Å². The van der Waals surface area contributed by atoms with E-state index in [-0.39, 0.29) is 10.9 Å². The standard InChI is InChI=1S/C12H8N2O7/c1-21-12(18)13-8-3-2-4-9(14(19)20)6(8)5-7(10(13)15)11(16)17/h2-5H,1H3,(H,16,17). The molecule has 1 heterocycles. The lowest BCUT2D eigenvalue weighted by Crippen LogP contribution is -2.31. The third-order valence-electron chi connectivity index (χ3n) is 2.81. The van der Waals surface area contributed by atoms with E-state index in [0.29, 0.717) is 4.57 Å². The summed E-state index contributed by atoms with van der Waals surface area (Å²) in [5.41, 5.74) is -2.41. The average molecular weight is 292 g/mol. The minimum absolute atomic E-state index is 0.106. The molecule has 1 aromatic carbocycles. The van der Waals surface area contributed by atoms with Crippen molar-refractivity contribution >= 4 is 28.7 Å². The Hall–Kier alpha value is -3.23. The van der Waals surface area contributed by atoms with Crippen molar-refractivity contribution in [3.8, 4) is 0 Å². The number of nitro benzene ring substituents is 1. The molecule has 0 aliphatic carbocycles. The van der Waals surface area contributed by atoms with Crippen molar-refractivity contribution < 1.29 is 24.4 Å². The van der Waals surface area contributed by atoms with Crippen molar-refractivity contribution in [2.75, 3.05) is 7.11 Å². The van der Waals surface area contributed by atoms with Gasteiger partial charge in [-0.3, -0.25) is 14.9 Å². The summed E-state index contributed by atoms with van der Waals surface area (Å²) < 4.78 is 4.87. The molecule has 0 saturated carbocycles. The number of aromatic carboxylic acids is 1. The SMILES string of the molecule is COC(=O)n1c(=O)c(C(=O)O)cc2c([N+](=O)[O-])cccc21. The maximum atomic E-state index is 12.0. The molecule has 9 nitrogen and oxygen atoms in total. The van der Waals surface area contributed by atoms with Crippen LogP contribution < -0.4 is 5.56 Å². The number of carbonyl (C=O) groups is 2. The van der Waals surface area contributed by atoms with Crippen molar-refractivity contribution in [3.63, 3.8) is 0 Å². The molecule has 0 unspecified atom stereocenters. The summed E-state index contributed by atoms with van der Waals surface area (Å²) in [7, 11) is 1.01. The van der Waals surface area contributed by atoms with E-state index in [2.05, 4.69) is 4.74 Å². The van der Waals surface area contributed by atoms with Crippen LogP contribution in [0.2, 0.25) is 0 Å². The Bertz CT molecular complexity index is 837. The summed E-state index contributed by atoms with van der Waals surface area (Å²) >= 11 is 0. The molecule has 0 bridgehead atoms. The van der Waals surface area contributed by atoms with Gasteiger partial charge in [-0.2, -0.15) is 0 Å². The number of nitrogens with zero attached hydrogens (tertiary/aromatic N) is 2. The molecule has 0 spiro atoms. The summed E-state index contributed by atoms with van der Waals surface area (Å²) in [5, 5.41) is 19.8. The van der Waals surface area contributed by atoms with Crippen LogP contribution in [0.5, 0.6) is 0 Å². The quantitative estimate of drug-likeness (QED) is 0.650. The van der Waals surface area contributed by atoms with Crippen LogP contribution in [-0.2, 0) is 4.74 Å². The van der Waals surface area contributed by atoms with Crippen molar-refractivity contribution in [2.24, 2.45) is 0 Å². The van der Waals surface area contributed by atoms with Gasteiger partial charge in [0.15, 0.2) is 0 Å². The monoisotopic (exact) mass is 292 g/mol. The van der Waals surface area contributed by atoms with Gasteiger partial charge in [0.2, 0.25) is 0 Å². The second-order valence-electron chi connectivity index (χ2n) is 3.94. The number of non-ortho nitro benzene ring substituents is 1. The lowest BCUT2D eigenvalue weighted by atomic mass is 10.1. The van der Waals surface area contributed by atoms with Crippen LogP contribution in [0.15, 0.2) is 29.1 Å². The summed E-state index contributed by atoms with van der Waals surface area (Å²) in [6, 6.07) is 4.57. The van der Waals surface area contributed by atoms with Crippen LogP contribution in [0.1, 0.15) is 10.4 Å². The van der Waals surface area contributed by atoms with Crippen molar-refractivity contribution in [1.29, 1.82) is 0 Å². The van der Waals surface area contributed by atoms with Crippen molar-refractivity contribution in [2.45, 2.75) is 0 Å². The van der Waals surface area contributed by atoms with Crippen LogP contribution in [0.3, 0.4) is 0 Å². The number of hydrogen-bond donors (Lipinski definition) is 1. The first-order chi connectivity index (χ1) is 9.88. The fraction of sp³-hybridized carbons (Fsp3) is 0.0833. The second kappa shape index (κ2) is 5.04. The Morgan fingerprint density at radius 3 is 2.57 bits per heavy atom. The van der Waals surface area contributed by atoms with Gasteiger partial charge in [0, 0.05) is 6.07 Å². The first-order valence-corrected chi connectivity index (χ1v) is 5.53. The number of methoxy groups -OCH3 is 1. The van der Waals surface area contributed by atoms with Crippen LogP contribution in [-0.4, -0.2) is 33.8 Å². The van der Waals surface area contributed by atoms with Crippen LogP contribution >= 0.6 is 0 Å². The van der Waals surface area contributed by atoms with Gasteiger partial charge in [0.05, 0.1) is 22.9 Å². The Kier molecular flexibility index (Phi) is 3.40. The Morgan fingerprint density at radius 1 is 1.38 bits per heavy atom. The molecule has 108 valence electrons. The first kappa shape index (κ1) is 14.2. The highest BCUT2D eigenvalue weighted by Gasteiger charge is 2.23. The number of fused-ring (bicyclic) bond motifs is 1. The van der Waals surface area contributed by atoms with Gasteiger partial charge in [-0.15, -0.1) is 0 Å². The lowest BCUT2D eigenvalue weighted by Gasteiger charge is -2.09. The molecule has 0 atom stereocenters. The smallest absolute Gasteiger partial charge is 0.421 e. The van der Waals surface area contributed by atoms with E-state index >= 15 is 0 Å². The number of rotatable bonds is 2.